The second-order valence-corrected chi connectivity index (χ2v) is 8.87. The number of rotatable bonds is 4. The second kappa shape index (κ2) is 8.38. The number of benzene rings is 2. The molecule has 0 unspecified atom stereocenters. The number of urea groups is 1. The van der Waals surface area contributed by atoms with Crippen molar-refractivity contribution in [3.05, 3.63) is 70.3 Å². The number of nitrogens with zero attached hydrogens (tertiary/aromatic N) is 2. The van der Waals surface area contributed by atoms with Crippen LogP contribution in [0.5, 0.6) is 5.75 Å². The quantitative estimate of drug-likeness (QED) is 0.687. The standard InChI is InChI=1S/C25H26F3N3O3/c1-5-30(4)23(33)29-13-19-21(31-14-15-8-6-7-9-17(15)22(31)32)18-12-16(25(26,27)28)10-11-20(18)34-24(19,2)3/h6-12H,5,13-14H2,1-4H3,(H,29,33). The lowest BCUT2D eigenvalue weighted by Gasteiger charge is -2.40. The first-order chi connectivity index (χ1) is 15.9. The van der Waals surface area contributed by atoms with Crippen LogP contribution in [0.15, 0.2) is 48.0 Å². The SMILES string of the molecule is CCN(C)C(=O)NCC1=C(N2Cc3ccccc3C2=O)c2cc(C(F)(F)F)ccc2OC1(C)C. The van der Waals surface area contributed by atoms with E-state index in [1.165, 1.54) is 15.9 Å². The largest absolute Gasteiger partial charge is 0.483 e. The van der Waals surface area contributed by atoms with Crippen LogP contribution in [-0.4, -0.2) is 47.5 Å². The summed E-state index contributed by atoms with van der Waals surface area (Å²) in [4.78, 5) is 28.8. The molecule has 3 amide bonds. The van der Waals surface area contributed by atoms with E-state index in [-0.39, 0.29) is 36.3 Å². The van der Waals surface area contributed by atoms with Crippen molar-refractivity contribution in [2.75, 3.05) is 20.1 Å². The van der Waals surface area contributed by atoms with E-state index in [1.807, 2.05) is 19.1 Å². The van der Waals surface area contributed by atoms with Gasteiger partial charge in [-0.3, -0.25) is 4.79 Å². The van der Waals surface area contributed by atoms with Crippen LogP contribution in [0.2, 0.25) is 0 Å². The number of fused-ring (bicyclic) bond motifs is 2. The number of carbonyl (C=O) groups is 2. The number of hydrogen-bond donors (Lipinski definition) is 1. The molecule has 0 atom stereocenters. The van der Waals surface area contributed by atoms with E-state index in [1.54, 1.807) is 33.0 Å². The van der Waals surface area contributed by atoms with Crippen LogP contribution in [0.25, 0.3) is 5.70 Å². The Morgan fingerprint density at radius 2 is 1.88 bits per heavy atom. The zero-order valence-corrected chi connectivity index (χ0v) is 19.4. The number of nitrogens with one attached hydrogen (secondary N) is 1. The lowest BCUT2D eigenvalue weighted by molar-refractivity contribution is -0.137. The Morgan fingerprint density at radius 3 is 2.53 bits per heavy atom. The molecule has 2 aromatic carbocycles. The molecular weight excluding hydrogens is 447 g/mol. The van der Waals surface area contributed by atoms with E-state index in [2.05, 4.69) is 5.32 Å². The topological polar surface area (TPSA) is 61.9 Å². The lowest BCUT2D eigenvalue weighted by Crippen LogP contribution is -2.45. The van der Waals surface area contributed by atoms with Crippen LogP contribution >= 0.6 is 0 Å². The smallest absolute Gasteiger partial charge is 0.416 e. The lowest BCUT2D eigenvalue weighted by atomic mass is 9.88. The van der Waals surface area contributed by atoms with Crippen molar-refractivity contribution in [3.8, 4) is 5.75 Å². The highest BCUT2D eigenvalue weighted by Crippen LogP contribution is 2.46. The summed E-state index contributed by atoms with van der Waals surface area (Å²) in [5.41, 5.74) is 0.466. The van der Waals surface area contributed by atoms with E-state index >= 15 is 0 Å². The monoisotopic (exact) mass is 473 g/mol. The van der Waals surface area contributed by atoms with E-state index in [4.69, 9.17) is 4.74 Å². The number of ether oxygens (including phenoxy) is 1. The molecule has 0 saturated heterocycles. The maximum Gasteiger partial charge on any atom is 0.416 e. The molecule has 0 bridgehead atoms. The molecule has 1 N–H and O–H groups in total. The molecule has 2 aromatic rings. The van der Waals surface area contributed by atoms with Crippen LogP contribution in [0.3, 0.4) is 0 Å². The number of hydrogen-bond acceptors (Lipinski definition) is 3. The molecule has 0 saturated carbocycles. The number of alkyl halides is 3. The summed E-state index contributed by atoms with van der Waals surface area (Å²) in [5, 5.41) is 2.81. The van der Waals surface area contributed by atoms with Gasteiger partial charge in [0.25, 0.3) is 5.91 Å². The Balaban J connectivity index is 1.88. The van der Waals surface area contributed by atoms with Gasteiger partial charge in [-0.25, -0.2) is 4.79 Å². The Morgan fingerprint density at radius 1 is 1.18 bits per heavy atom. The molecule has 0 radical (unpaired) electrons. The average molecular weight is 473 g/mol. The summed E-state index contributed by atoms with van der Waals surface area (Å²) in [6.07, 6.45) is -4.57. The van der Waals surface area contributed by atoms with Gasteiger partial charge in [0.05, 0.1) is 17.8 Å². The van der Waals surface area contributed by atoms with Crippen LogP contribution in [0.4, 0.5) is 18.0 Å². The maximum absolute atomic E-state index is 13.6. The van der Waals surface area contributed by atoms with Gasteiger partial charge < -0.3 is 19.9 Å². The van der Waals surface area contributed by atoms with Gasteiger partial charge in [-0.1, -0.05) is 18.2 Å². The highest BCUT2D eigenvalue weighted by molar-refractivity contribution is 6.04. The minimum Gasteiger partial charge on any atom is -0.483 e. The highest BCUT2D eigenvalue weighted by atomic mass is 19.4. The Labute approximate surface area is 196 Å². The van der Waals surface area contributed by atoms with E-state index < -0.39 is 17.3 Å². The van der Waals surface area contributed by atoms with Gasteiger partial charge in [0.15, 0.2) is 0 Å². The summed E-state index contributed by atoms with van der Waals surface area (Å²) < 4.78 is 46.8. The van der Waals surface area contributed by atoms with Gasteiger partial charge in [0, 0.05) is 36.8 Å². The third-order valence-corrected chi connectivity index (χ3v) is 6.27. The number of carbonyl (C=O) groups excluding carboxylic acids is 2. The fraction of sp³-hybridized carbons (Fsp3) is 0.360. The Bertz CT molecular complexity index is 1190. The molecule has 6 nitrogen and oxygen atoms in total. The first-order valence-electron chi connectivity index (χ1n) is 11.0. The predicted octanol–water partition coefficient (Wildman–Crippen LogP) is 4.90. The van der Waals surface area contributed by atoms with Gasteiger partial charge in [0.2, 0.25) is 0 Å². The van der Waals surface area contributed by atoms with Crippen LogP contribution in [0, 0.1) is 0 Å². The highest BCUT2D eigenvalue weighted by Gasteiger charge is 2.42. The van der Waals surface area contributed by atoms with Crippen molar-refractivity contribution < 1.29 is 27.5 Å². The minimum atomic E-state index is -4.57. The molecule has 0 spiro atoms. The van der Waals surface area contributed by atoms with Gasteiger partial charge >= 0.3 is 12.2 Å². The second-order valence-electron chi connectivity index (χ2n) is 8.87. The average Bonchev–Trinajstić information content (AvgIpc) is 3.11. The Kier molecular flexibility index (Phi) is 5.83. The molecule has 2 aliphatic rings. The van der Waals surface area contributed by atoms with Crippen LogP contribution in [-0.2, 0) is 12.7 Å². The fourth-order valence-corrected chi connectivity index (χ4v) is 4.25. The third kappa shape index (κ3) is 4.10. The normalized spacial score (nSPS) is 16.7. The Hall–Kier alpha value is -3.49. The summed E-state index contributed by atoms with van der Waals surface area (Å²) in [7, 11) is 1.64. The molecule has 180 valence electrons. The zero-order chi connectivity index (χ0) is 24.8. The molecule has 2 aliphatic heterocycles. The van der Waals surface area contributed by atoms with Gasteiger partial charge in [-0.15, -0.1) is 0 Å². The van der Waals surface area contributed by atoms with Crippen LogP contribution in [0.1, 0.15) is 47.8 Å². The first-order valence-corrected chi connectivity index (χ1v) is 11.0. The van der Waals surface area contributed by atoms with Crippen molar-refractivity contribution in [1.29, 1.82) is 0 Å². The molecular formula is C25H26F3N3O3. The summed E-state index contributed by atoms with van der Waals surface area (Å²) in [6, 6.07) is 10.0. The molecule has 4 rings (SSSR count). The molecule has 2 heterocycles. The van der Waals surface area contributed by atoms with Crippen LogP contribution < -0.4 is 10.1 Å². The van der Waals surface area contributed by atoms with Crippen molar-refractivity contribution >= 4 is 17.6 Å². The third-order valence-electron chi connectivity index (χ3n) is 6.27. The number of amides is 3. The molecule has 9 heteroatoms. The molecule has 0 aliphatic carbocycles. The summed E-state index contributed by atoms with van der Waals surface area (Å²) >= 11 is 0. The predicted molar refractivity (Wildman–Crippen MR) is 121 cm³/mol. The minimum absolute atomic E-state index is 0.00131. The van der Waals surface area contributed by atoms with Gasteiger partial charge in [0.1, 0.15) is 11.4 Å². The van der Waals surface area contributed by atoms with E-state index in [9.17, 15) is 22.8 Å². The van der Waals surface area contributed by atoms with Crippen molar-refractivity contribution in [3.63, 3.8) is 0 Å². The van der Waals surface area contributed by atoms with Crippen molar-refractivity contribution in [2.24, 2.45) is 0 Å². The molecule has 0 fully saturated rings. The fourth-order valence-electron chi connectivity index (χ4n) is 4.25. The van der Waals surface area contributed by atoms with Gasteiger partial charge in [-0.05, 0) is 50.6 Å². The van der Waals surface area contributed by atoms with E-state index in [0.29, 0.717) is 23.4 Å². The summed E-state index contributed by atoms with van der Waals surface area (Å²) in [6.45, 7) is 6.06. The maximum atomic E-state index is 13.6. The van der Waals surface area contributed by atoms with Crippen molar-refractivity contribution in [1.82, 2.24) is 15.1 Å². The van der Waals surface area contributed by atoms with E-state index in [0.717, 1.165) is 17.7 Å². The molecule has 0 aromatic heterocycles. The number of halogens is 3. The van der Waals surface area contributed by atoms with Gasteiger partial charge in [-0.2, -0.15) is 13.2 Å². The summed E-state index contributed by atoms with van der Waals surface area (Å²) in [5.74, 6) is -0.0568. The molecule has 34 heavy (non-hydrogen) atoms. The van der Waals surface area contributed by atoms with Crippen molar-refractivity contribution in [2.45, 2.75) is 39.1 Å². The zero-order valence-electron chi connectivity index (χ0n) is 19.4. The first kappa shape index (κ1) is 23.7.